The first-order valence-electron chi connectivity index (χ1n) is 7.37. The Bertz CT molecular complexity index is 1020. The Kier molecular flexibility index (Phi) is 3.30. The summed E-state index contributed by atoms with van der Waals surface area (Å²) in [4.78, 5) is 13.6. The highest BCUT2D eigenvalue weighted by Crippen LogP contribution is 2.21. The van der Waals surface area contributed by atoms with Gasteiger partial charge in [0.05, 0.1) is 5.69 Å². The van der Waals surface area contributed by atoms with E-state index >= 15 is 0 Å². The fraction of sp³-hybridized carbons (Fsp3) is 0.250. The molecule has 7 heteroatoms. The SMILES string of the molecule is Cc1cc(C)n2nc(SCc3cn4cccc(C)c4n3)nc2n1. The maximum absolute atomic E-state index is 4.68. The van der Waals surface area contributed by atoms with Crippen LogP contribution in [0, 0.1) is 20.8 Å². The second-order valence-corrected chi connectivity index (χ2v) is 6.53. The van der Waals surface area contributed by atoms with Crippen LogP contribution in [0.1, 0.15) is 22.6 Å². The molecule has 0 aliphatic heterocycles. The number of fused-ring (bicyclic) bond motifs is 2. The smallest absolute Gasteiger partial charge is 0.253 e. The molecule has 0 aliphatic carbocycles. The molecule has 116 valence electrons. The summed E-state index contributed by atoms with van der Waals surface area (Å²) in [7, 11) is 0. The molecule has 4 aromatic rings. The van der Waals surface area contributed by atoms with Gasteiger partial charge in [-0.05, 0) is 38.5 Å². The van der Waals surface area contributed by atoms with Gasteiger partial charge in [0.1, 0.15) is 5.65 Å². The lowest BCUT2D eigenvalue weighted by molar-refractivity contribution is 0.843. The highest BCUT2D eigenvalue weighted by molar-refractivity contribution is 7.98. The molecule has 0 fully saturated rings. The second kappa shape index (κ2) is 5.34. The Balaban J connectivity index is 1.60. The van der Waals surface area contributed by atoms with Crippen molar-refractivity contribution in [2.24, 2.45) is 0 Å². The third-order valence-corrected chi connectivity index (χ3v) is 4.55. The van der Waals surface area contributed by atoms with Gasteiger partial charge in [-0.25, -0.2) is 14.5 Å². The summed E-state index contributed by atoms with van der Waals surface area (Å²) in [6.45, 7) is 6.04. The van der Waals surface area contributed by atoms with Crippen LogP contribution in [0.5, 0.6) is 0 Å². The van der Waals surface area contributed by atoms with Crippen molar-refractivity contribution in [3.8, 4) is 0 Å². The molecule has 0 aliphatic rings. The highest BCUT2D eigenvalue weighted by atomic mass is 32.2. The number of hydrogen-bond acceptors (Lipinski definition) is 5. The Hall–Kier alpha value is -2.41. The topological polar surface area (TPSA) is 60.4 Å². The van der Waals surface area contributed by atoms with Crippen LogP contribution >= 0.6 is 11.8 Å². The van der Waals surface area contributed by atoms with E-state index in [2.05, 4.69) is 43.6 Å². The zero-order chi connectivity index (χ0) is 16.0. The predicted molar refractivity (Wildman–Crippen MR) is 89.7 cm³/mol. The van der Waals surface area contributed by atoms with E-state index in [9.17, 15) is 0 Å². The van der Waals surface area contributed by atoms with E-state index in [0.717, 1.165) is 33.6 Å². The van der Waals surface area contributed by atoms with Crippen molar-refractivity contribution in [2.75, 3.05) is 0 Å². The van der Waals surface area contributed by atoms with E-state index in [1.165, 1.54) is 5.56 Å². The third kappa shape index (κ3) is 2.57. The summed E-state index contributed by atoms with van der Waals surface area (Å²) in [5.74, 6) is 1.38. The highest BCUT2D eigenvalue weighted by Gasteiger charge is 2.10. The van der Waals surface area contributed by atoms with Gasteiger partial charge in [-0.3, -0.25) is 0 Å². The zero-order valence-corrected chi connectivity index (χ0v) is 14.0. The Labute approximate surface area is 137 Å². The van der Waals surface area contributed by atoms with Crippen molar-refractivity contribution in [3.63, 3.8) is 0 Å². The van der Waals surface area contributed by atoms with Crippen molar-refractivity contribution in [2.45, 2.75) is 31.7 Å². The molecule has 6 nitrogen and oxygen atoms in total. The fourth-order valence-corrected chi connectivity index (χ4v) is 3.32. The lowest BCUT2D eigenvalue weighted by atomic mass is 10.3. The minimum absolute atomic E-state index is 0.649. The minimum Gasteiger partial charge on any atom is -0.307 e. The van der Waals surface area contributed by atoms with Crippen LogP contribution < -0.4 is 0 Å². The second-order valence-electron chi connectivity index (χ2n) is 5.59. The summed E-state index contributed by atoms with van der Waals surface area (Å²) < 4.78 is 3.83. The van der Waals surface area contributed by atoms with Crippen molar-refractivity contribution < 1.29 is 0 Å². The molecule has 0 radical (unpaired) electrons. The van der Waals surface area contributed by atoms with E-state index < -0.39 is 0 Å². The van der Waals surface area contributed by atoms with E-state index in [1.807, 2.05) is 32.2 Å². The van der Waals surface area contributed by atoms with Gasteiger partial charge in [0.25, 0.3) is 5.78 Å². The summed E-state index contributed by atoms with van der Waals surface area (Å²) in [6.07, 6.45) is 4.07. The number of rotatable bonds is 3. The van der Waals surface area contributed by atoms with Gasteiger partial charge >= 0.3 is 0 Å². The van der Waals surface area contributed by atoms with Gasteiger partial charge in [0.15, 0.2) is 0 Å². The van der Waals surface area contributed by atoms with E-state index in [-0.39, 0.29) is 0 Å². The lowest BCUT2D eigenvalue weighted by Crippen LogP contribution is -1.97. The van der Waals surface area contributed by atoms with E-state index in [0.29, 0.717) is 5.78 Å². The van der Waals surface area contributed by atoms with Crippen LogP contribution in [0.15, 0.2) is 35.7 Å². The van der Waals surface area contributed by atoms with Gasteiger partial charge in [-0.2, -0.15) is 4.98 Å². The Morgan fingerprint density at radius 3 is 2.83 bits per heavy atom. The summed E-state index contributed by atoms with van der Waals surface area (Å²) >= 11 is 1.58. The standard InChI is InChI=1S/C16H16N6S/c1-10-5-4-6-21-8-13(18-14(10)21)9-23-16-19-15-17-11(2)7-12(3)22(15)20-16/h4-8H,9H2,1-3H3. The first-order chi connectivity index (χ1) is 11.1. The molecule has 23 heavy (non-hydrogen) atoms. The molecule has 4 aromatic heterocycles. The van der Waals surface area contributed by atoms with Gasteiger partial charge < -0.3 is 4.40 Å². The van der Waals surface area contributed by atoms with Crippen LogP contribution in [-0.2, 0) is 5.75 Å². The molecule has 0 spiro atoms. The lowest BCUT2D eigenvalue weighted by Gasteiger charge is -1.97. The molecule has 0 amide bonds. The molecule has 0 saturated carbocycles. The zero-order valence-electron chi connectivity index (χ0n) is 13.2. The van der Waals surface area contributed by atoms with Crippen LogP contribution in [0.2, 0.25) is 0 Å². The van der Waals surface area contributed by atoms with Crippen LogP contribution in [0.25, 0.3) is 11.4 Å². The first kappa shape index (κ1) is 14.2. The van der Waals surface area contributed by atoms with Crippen LogP contribution in [-0.4, -0.2) is 29.0 Å². The monoisotopic (exact) mass is 324 g/mol. The fourth-order valence-electron chi connectivity index (χ4n) is 2.62. The molecular formula is C16H16N6S. The molecule has 0 atom stereocenters. The van der Waals surface area contributed by atoms with Gasteiger partial charge in [-0.1, -0.05) is 17.8 Å². The number of hydrogen-bond donors (Lipinski definition) is 0. The molecule has 4 heterocycles. The minimum atomic E-state index is 0.649. The number of pyridine rings is 1. The van der Waals surface area contributed by atoms with Gasteiger partial charge in [-0.15, -0.1) is 5.10 Å². The van der Waals surface area contributed by atoms with E-state index in [1.54, 1.807) is 16.3 Å². The average molecular weight is 324 g/mol. The summed E-state index contributed by atoms with van der Waals surface area (Å²) in [6, 6.07) is 6.10. The van der Waals surface area contributed by atoms with Gasteiger partial charge in [0.2, 0.25) is 5.16 Å². The molecular weight excluding hydrogens is 308 g/mol. The Morgan fingerprint density at radius 1 is 1.13 bits per heavy atom. The van der Waals surface area contributed by atoms with E-state index in [4.69, 9.17) is 0 Å². The molecule has 0 saturated heterocycles. The molecule has 0 aromatic carbocycles. The number of imidazole rings is 1. The normalized spacial score (nSPS) is 11.6. The van der Waals surface area contributed by atoms with Crippen LogP contribution in [0.3, 0.4) is 0 Å². The van der Waals surface area contributed by atoms with Gasteiger partial charge in [0, 0.05) is 29.5 Å². The number of aromatic nitrogens is 6. The van der Waals surface area contributed by atoms with Crippen molar-refractivity contribution in [3.05, 3.63) is 53.2 Å². The van der Waals surface area contributed by atoms with Crippen molar-refractivity contribution >= 4 is 23.2 Å². The average Bonchev–Trinajstić information content (AvgIpc) is 3.09. The molecule has 4 rings (SSSR count). The number of nitrogens with zero attached hydrogens (tertiary/aromatic N) is 6. The van der Waals surface area contributed by atoms with Crippen LogP contribution in [0.4, 0.5) is 0 Å². The molecule has 0 bridgehead atoms. The maximum Gasteiger partial charge on any atom is 0.253 e. The third-order valence-electron chi connectivity index (χ3n) is 3.68. The molecule has 0 unspecified atom stereocenters. The predicted octanol–water partition coefficient (Wildman–Crippen LogP) is 2.99. The summed E-state index contributed by atoms with van der Waals surface area (Å²) in [5, 5.41) is 5.23. The molecule has 0 N–H and O–H groups in total. The largest absolute Gasteiger partial charge is 0.307 e. The number of thioether (sulfide) groups is 1. The Morgan fingerprint density at radius 2 is 2.00 bits per heavy atom. The first-order valence-corrected chi connectivity index (χ1v) is 8.36. The maximum atomic E-state index is 4.68. The summed E-state index contributed by atoms with van der Waals surface area (Å²) in [5.41, 5.74) is 5.18. The quantitative estimate of drug-likeness (QED) is 0.542. The number of aryl methyl sites for hydroxylation is 3. The van der Waals surface area contributed by atoms with Crippen molar-refractivity contribution in [1.29, 1.82) is 0 Å². The van der Waals surface area contributed by atoms with Crippen molar-refractivity contribution in [1.82, 2.24) is 29.0 Å².